The van der Waals surface area contributed by atoms with Crippen LogP contribution in [0.25, 0.3) is 0 Å². The molecule has 4 atom stereocenters. The van der Waals surface area contributed by atoms with Crippen molar-refractivity contribution in [2.45, 2.75) is 49.5 Å². The number of unbranched alkanes of at least 4 members (excludes halogenated alkanes) is 1. The quantitative estimate of drug-likeness (QED) is 0.549. The van der Waals surface area contributed by atoms with Gasteiger partial charge in [-0.05, 0) is 62.0 Å². The van der Waals surface area contributed by atoms with Gasteiger partial charge in [-0.25, -0.2) is 13.1 Å². The number of hydrogen-bond donors (Lipinski definition) is 2. The Labute approximate surface area is 149 Å². The van der Waals surface area contributed by atoms with Crippen LogP contribution >= 0.6 is 0 Å². The minimum atomic E-state index is -3.51. The van der Waals surface area contributed by atoms with Crippen molar-refractivity contribution in [2.24, 2.45) is 17.8 Å². The Hall–Kier alpha value is -1.66. The standard InChI is InChI=1S/C19H25NO4S/c21-18(22)10-6-2-5-9-17-14-11-12-15(13-14)19(17)20-25(23,24)16-7-3-1-4-8-16/h1,3-5,7-9,14-15,17,19-20H,2,6,10-13H2,(H,21,22)/b9-5-. The van der Waals surface area contributed by atoms with Gasteiger partial charge in [-0.1, -0.05) is 30.4 Å². The molecule has 4 unspecified atom stereocenters. The van der Waals surface area contributed by atoms with E-state index >= 15 is 0 Å². The molecule has 25 heavy (non-hydrogen) atoms. The topological polar surface area (TPSA) is 83.5 Å². The minimum Gasteiger partial charge on any atom is -0.481 e. The summed E-state index contributed by atoms with van der Waals surface area (Å²) in [4.78, 5) is 10.9. The smallest absolute Gasteiger partial charge is 0.303 e. The molecule has 2 saturated carbocycles. The molecule has 1 aromatic carbocycles. The van der Waals surface area contributed by atoms with Crippen molar-refractivity contribution in [3.8, 4) is 0 Å². The summed E-state index contributed by atoms with van der Waals surface area (Å²) in [6.45, 7) is 0. The van der Waals surface area contributed by atoms with Gasteiger partial charge in [0, 0.05) is 12.5 Å². The van der Waals surface area contributed by atoms with E-state index in [1.165, 1.54) is 0 Å². The number of allylic oxidation sites excluding steroid dienone is 1. The Kier molecular flexibility index (Phi) is 5.59. The van der Waals surface area contributed by atoms with Gasteiger partial charge in [-0.3, -0.25) is 4.79 Å². The second-order valence-corrected chi connectivity index (χ2v) is 8.80. The van der Waals surface area contributed by atoms with Gasteiger partial charge in [-0.15, -0.1) is 0 Å². The second-order valence-electron chi connectivity index (χ2n) is 7.08. The van der Waals surface area contributed by atoms with E-state index in [0.717, 1.165) is 25.7 Å². The Morgan fingerprint density at radius 3 is 2.64 bits per heavy atom. The number of carboxylic acids is 1. The lowest BCUT2D eigenvalue weighted by atomic mass is 9.84. The zero-order chi connectivity index (χ0) is 17.9. The normalized spacial score (nSPS) is 28.6. The van der Waals surface area contributed by atoms with Crippen LogP contribution in [-0.2, 0) is 14.8 Å². The Morgan fingerprint density at radius 1 is 1.20 bits per heavy atom. The van der Waals surface area contributed by atoms with Crippen LogP contribution in [0, 0.1) is 17.8 Å². The van der Waals surface area contributed by atoms with Crippen molar-refractivity contribution in [1.82, 2.24) is 4.72 Å². The van der Waals surface area contributed by atoms with Gasteiger partial charge >= 0.3 is 5.97 Å². The van der Waals surface area contributed by atoms with E-state index in [9.17, 15) is 13.2 Å². The van der Waals surface area contributed by atoms with Crippen molar-refractivity contribution in [3.63, 3.8) is 0 Å². The molecule has 0 saturated heterocycles. The lowest BCUT2D eigenvalue weighted by Crippen LogP contribution is -2.43. The lowest BCUT2D eigenvalue weighted by Gasteiger charge is -2.29. The van der Waals surface area contributed by atoms with Crippen LogP contribution in [0.15, 0.2) is 47.4 Å². The molecule has 2 aliphatic rings. The highest BCUT2D eigenvalue weighted by Crippen LogP contribution is 2.49. The number of nitrogens with one attached hydrogen (secondary N) is 1. The third-order valence-corrected chi connectivity index (χ3v) is 6.92. The van der Waals surface area contributed by atoms with Crippen molar-refractivity contribution in [2.75, 3.05) is 0 Å². The Bertz CT molecular complexity index is 729. The zero-order valence-corrected chi connectivity index (χ0v) is 15.0. The molecule has 0 aromatic heterocycles. The van der Waals surface area contributed by atoms with Crippen molar-refractivity contribution >= 4 is 16.0 Å². The van der Waals surface area contributed by atoms with Crippen molar-refractivity contribution < 1.29 is 18.3 Å². The highest BCUT2D eigenvalue weighted by Gasteiger charge is 2.47. The van der Waals surface area contributed by atoms with Crippen molar-refractivity contribution in [3.05, 3.63) is 42.5 Å². The van der Waals surface area contributed by atoms with E-state index in [1.807, 2.05) is 6.08 Å². The Morgan fingerprint density at radius 2 is 1.92 bits per heavy atom. The van der Waals surface area contributed by atoms with Gasteiger partial charge in [0.05, 0.1) is 4.90 Å². The number of benzene rings is 1. The predicted octanol–water partition coefficient (Wildman–Crippen LogP) is 3.19. The summed E-state index contributed by atoms with van der Waals surface area (Å²) in [5.74, 6) is 0.366. The van der Waals surface area contributed by atoms with Crippen LogP contribution in [0.4, 0.5) is 0 Å². The summed E-state index contributed by atoms with van der Waals surface area (Å²) in [7, 11) is -3.51. The molecule has 0 aliphatic heterocycles. The molecule has 0 heterocycles. The predicted molar refractivity (Wildman–Crippen MR) is 95.5 cm³/mol. The maximum absolute atomic E-state index is 12.7. The number of fused-ring (bicyclic) bond motifs is 2. The van der Waals surface area contributed by atoms with E-state index in [2.05, 4.69) is 10.8 Å². The fourth-order valence-corrected chi connectivity index (χ4v) is 5.62. The number of carboxylic acid groups (broad SMARTS) is 1. The SMILES string of the molecule is O=C(O)CCC/C=C\C1C2CCC(C2)C1NS(=O)(=O)c1ccccc1. The van der Waals surface area contributed by atoms with Crippen LogP contribution in [0.1, 0.15) is 38.5 Å². The number of sulfonamides is 1. The van der Waals surface area contributed by atoms with E-state index in [1.54, 1.807) is 30.3 Å². The molecular formula is C19H25NO4S. The molecule has 5 nitrogen and oxygen atoms in total. The molecule has 1 aromatic rings. The van der Waals surface area contributed by atoms with Gasteiger partial charge in [0.1, 0.15) is 0 Å². The Balaban J connectivity index is 1.66. The molecule has 2 fully saturated rings. The van der Waals surface area contributed by atoms with Gasteiger partial charge < -0.3 is 5.11 Å². The fraction of sp³-hybridized carbons (Fsp3) is 0.526. The summed E-state index contributed by atoms with van der Waals surface area (Å²) in [5, 5.41) is 8.69. The number of carbonyl (C=O) groups is 1. The molecule has 2 bridgehead atoms. The second kappa shape index (κ2) is 7.70. The summed E-state index contributed by atoms with van der Waals surface area (Å²) < 4.78 is 28.3. The van der Waals surface area contributed by atoms with E-state index < -0.39 is 16.0 Å². The third kappa shape index (κ3) is 4.30. The highest BCUT2D eigenvalue weighted by atomic mass is 32.2. The third-order valence-electron chi connectivity index (χ3n) is 5.45. The molecular weight excluding hydrogens is 338 g/mol. The van der Waals surface area contributed by atoms with Gasteiger partial charge in [0.2, 0.25) is 10.0 Å². The van der Waals surface area contributed by atoms with Crippen LogP contribution in [0.5, 0.6) is 0 Å². The average Bonchev–Trinajstić information content (AvgIpc) is 3.17. The zero-order valence-electron chi connectivity index (χ0n) is 14.2. The summed E-state index contributed by atoms with van der Waals surface area (Å²) in [6.07, 6.45) is 8.96. The molecule has 0 radical (unpaired) electrons. The van der Waals surface area contributed by atoms with E-state index in [-0.39, 0.29) is 18.4 Å². The van der Waals surface area contributed by atoms with E-state index in [0.29, 0.717) is 23.2 Å². The van der Waals surface area contributed by atoms with Gasteiger partial charge in [-0.2, -0.15) is 0 Å². The number of aliphatic carboxylic acids is 1. The number of rotatable bonds is 8. The average molecular weight is 363 g/mol. The van der Waals surface area contributed by atoms with Gasteiger partial charge in [0.25, 0.3) is 0 Å². The number of hydrogen-bond acceptors (Lipinski definition) is 3. The summed E-state index contributed by atoms with van der Waals surface area (Å²) in [5.41, 5.74) is 0. The minimum absolute atomic E-state index is 0.0559. The molecule has 0 spiro atoms. The molecule has 0 amide bonds. The largest absolute Gasteiger partial charge is 0.481 e. The van der Waals surface area contributed by atoms with Crippen LogP contribution in [0.3, 0.4) is 0 Å². The van der Waals surface area contributed by atoms with Crippen LogP contribution in [-0.4, -0.2) is 25.5 Å². The molecule has 6 heteroatoms. The van der Waals surface area contributed by atoms with Gasteiger partial charge in [0.15, 0.2) is 0 Å². The fourth-order valence-electron chi connectivity index (χ4n) is 4.26. The summed E-state index contributed by atoms with van der Waals surface area (Å²) >= 11 is 0. The lowest BCUT2D eigenvalue weighted by molar-refractivity contribution is -0.137. The molecule has 2 aliphatic carbocycles. The first-order valence-corrected chi connectivity index (χ1v) is 10.4. The van der Waals surface area contributed by atoms with Crippen LogP contribution in [0.2, 0.25) is 0 Å². The molecule has 2 N–H and O–H groups in total. The first kappa shape index (κ1) is 18.1. The van der Waals surface area contributed by atoms with E-state index in [4.69, 9.17) is 5.11 Å². The highest BCUT2D eigenvalue weighted by molar-refractivity contribution is 7.89. The first-order chi connectivity index (χ1) is 12.0. The monoisotopic (exact) mass is 363 g/mol. The first-order valence-electron chi connectivity index (χ1n) is 8.93. The maximum atomic E-state index is 12.7. The van der Waals surface area contributed by atoms with Crippen LogP contribution < -0.4 is 4.72 Å². The summed E-state index contributed by atoms with van der Waals surface area (Å²) in [6, 6.07) is 8.45. The van der Waals surface area contributed by atoms with Crippen molar-refractivity contribution in [1.29, 1.82) is 0 Å². The molecule has 3 rings (SSSR count). The molecule has 136 valence electrons. The maximum Gasteiger partial charge on any atom is 0.303 e.